The molecule has 1 amide bonds. The number of ether oxygens (including phenoxy) is 2. The Labute approximate surface area is 168 Å². The third-order valence-corrected chi connectivity index (χ3v) is 4.62. The Balaban J connectivity index is 2.34. The van der Waals surface area contributed by atoms with Crippen molar-refractivity contribution in [3.63, 3.8) is 0 Å². The van der Waals surface area contributed by atoms with Crippen molar-refractivity contribution < 1.29 is 23.9 Å². The van der Waals surface area contributed by atoms with E-state index in [-0.39, 0.29) is 19.1 Å². The average Bonchev–Trinajstić information content (AvgIpc) is 2.68. The second-order valence-corrected chi connectivity index (χ2v) is 7.45. The molecule has 6 nitrogen and oxygen atoms in total. The lowest BCUT2D eigenvalue weighted by Gasteiger charge is -2.24. The van der Waals surface area contributed by atoms with Crippen LogP contribution in [0.5, 0.6) is 5.75 Å². The van der Waals surface area contributed by atoms with Crippen LogP contribution in [0, 0.1) is 5.92 Å². The molecule has 1 aromatic rings. The average molecular weight is 392 g/mol. The van der Waals surface area contributed by atoms with Crippen LogP contribution in [0.4, 0.5) is 0 Å². The molecule has 0 fully saturated rings. The van der Waals surface area contributed by atoms with Crippen LogP contribution >= 0.6 is 0 Å². The van der Waals surface area contributed by atoms with Gasteiger partial charge in [-0.15, -0.1) is 0 Å². The Bertz CT molecular complexity index is 624. The van der Waals surface area contributed by atoms with Crippen LogP contribution in [-0.4, -0.2) is 36.9 Å². The molecule has 0 aliphatic rings. The molecule has 1 aromatic carbocycles. The van der Waals surface area contributed by atoms with E-state index in [0.717, 1.165) is 32.0 Å². The Morgan fingerprint density at radius 1 is 1.11 bits per heavy atom. The Morgan fingerprint density at radius 2 is 1.79 bits per heavy atom. The van der Waals surface area contributed by atoms with Crippen molar-refractivity contribution in [2.75, 3.05) is 13.2 Å². The summed E-state index contributed by atoms with van der Waals surface area (Å²) in [5, 5.41) is 2.76. The van der Waals surface area contributed by atoms with E-state index in [2.05, 4.69) is 19.2 Å². The van der Waals surface area contributed by atoms with Crippen LogP contribution in [0.1, 0.15) is 70.2 Å². The fourth-order valence-corrected chi connectivity index (χ4v) is 2.88. The zero-order valence-electron chi connectivity index (χ0n) is 17.5. The molecule has 0 aliphatic carbocycles. The van der Waals surface area contributed by atoms with Crippen LogP contribution in [0.2, 0.25) is 0 Å². The first-order chi connectivity index (χ1) is 13.3. The standard InChI is InChI=1S/C22H33NO5/c1-5-7-17(6-2)10-13-20(25)23-22(3,4)21(26)28-15-14-27-19-11-8-18(16-24)9-12-19/h8-9,11-12,16-17H,5-7,10,13-15H2,1-4H3,(H,23,25). The number of aldehydes is 1. The number of esters is 1. The summed E-state index contributed by atoms with van der Waals surface area (Å²) in [5.41, 5.74) is -0.522. The van der Waals surface area contributed by atoms with E-state index < -0.39 is 11.5 Å². The van der Waals surface area contributed by atoms with Crippen LogP contribution in [0.25, 0.3) is 0 Å². The monoisotopic (exact) mass is 391 g/mol. The number of amides is 1. The van der Waals surface area contributed by atoms with Gasteiger partial charge < -0.3 is 14.8 Å². The second kappa shape index (κ2) is 12.2. The first-order valence-corrected chi connectivity index (χ1v) is 9.98. The number of carbonyl (C=O) groups excluding carboxylic acids is 3. The van der Waals surface area contributed by atoms with Gasteiger partial charge in [0.05, 0.1) is 0 Å². The summed E-state index contributed by atoms with van der Waals surface area (Å²) in [6, 6.07) is 6.66. The lowest BCUT2D eigenvalue weighted by molar-refractivity contribution is -0.153. The van der Waals surface area contributed by atoms with Gasteiger partial charge >= 0.3 is 5.97 Å². The minimum Gasteiger partial charge on any atom is -0.490 e. The van der Waals surface area contributed by atoms with E-state index in [4.69, 9.17) is 9.47 Å². The highest BCUT2D eigenvalue weighted by atomic mass is 16.6. The van der Waals surface area contributed by atoms with Crippen molar-refractivity contribution >= 4 is 18.2 Å². The molecule has 156 valence electrons. The van der Waals surface area contributed by atoms with E-state index in [1.165, 1.54) is 0 Å². The van der Waals surface area contributed by atoms with Gasteiger partial charge in [-0.05, 0) is 50.5 Å². The van der Waals surface area contributed by atoms with Crippen molar-refractivity contribution in [2.45, 2.75) is 65.3 Å². The lowest BCUT2D eigenvalue weighted by atomic mass is 9.95. The fraction of sp³-hybridized carbons (Fsp3) is 0.591. The molecule has 0 aromatic heterocycles. The topological polar surface area (TPSA) is 81.7 Å². The van der Waals surface area contributed by atoms with Crippen molar-refractivity contribution in [1.29, 1.82) is 0 Å². The summed E-state index contributed by atoms with van der Waals surface area (Å²) in [6.45, 7) is 7.81. The van der Waals surface area contributed by atoms with E-state index >= 15 is 0 Å². The molecule has 0 saturated carbocycles. The van der Waals surface area contributed by atoms with Gasteiger partial charge in [0.1, 0.15) is 30.8 Å². The molecule has 0 aliphatic heterocycles. The third kappa shape index (κ3) is 8.55. The largest absolute Gasteiger partial charge is 0.490 e. The quantitative estimate of drug-likeness (QED) is 0.313. The SMILES string of the molecule is CCCC(CC)CCC(=O)NC(C)(C)C(=O)OCCOc1ccc(C=O)cc1. The molecule has 6 heteroatoms. The molecule has 1 N–H and O–H groups in total. The predicted octanol–water partition coefficient (Wildman–Crippen LogP) is 3.92. The van der Waals surface area contributed by atoms with Gasteiger partial charge in [0.15, 0.2) is 0 Å². The number of rotatable bonds is 13. The van der Waals surface area contributed by atoms with Crippen molar-refractivity contribution in [2.24, 2.45) is 5.92 Å². The zero-order chi connectivity index (χ0) is 21.0. The van der Waals surface area contributed by atoms with E-state index in [1.54, 1.807) is 38.1 Å². The summed E-state index contributed by atoms with van der Waals surface area (Å²) >= 11 is 0. The summed E-state index contributed by atoms with van der Waals surface area (Å²) in [5.74, 6) is 0.500. The first-order valence-electron chi connectivity index (χ1n) is 9.98. The maximum Gasteiger partial charge on any atom is 0.331 e. The fourth-order valence-electron chi connectivity index (χ4n) is 2.88. The Kier molecular flexibility index (Phi) is 10.3. The Hall–Kier alpha value is -2.37. The maximum absolute atomic E-state index is 12.3. The molecule has 0 bridgehead atoms. The number of benzene rings is 1. The van der Waals surface area contributed by atoms with Crippen LogP contribution in [0.15, 0.2) is 24.3 Å². The Morgan fingerprint density at radius 3 is 2.36 bits per heavy atom. The summed E-state index contributed by atoms with van der Waals surface area (Å²) in [7, 11) is 0. The van der Waals surface area contributed by atoms with Gasteiger partial charge in [-0.3, -0.25) is 9.59 Å². The third-order valence-electron chi connectivity index (χ3n) is 4.62. The van der Waals surface area contributed by atoms with Gasteiger partial charge in [0.2, 0.25) is 5.91 Å². The van der Waals surface area contributed by atoms with Gasteiger partial charge in [-0.1, -0.05) is 33.1 Å². The van der Waals surface area contributed by atoms with Crippen molar-refractivity contribution in [3.05, 3.63) is 29.8 Å². The zero-order valence-corrected chi connectivity index (χ0v) is 17.5. The highest BCUT2D eigenvalue weighted by Gasteiger charge is 2.31. The minimum atomic E-state index is -1.09. The molecule has 0 heterocycles. The number of nitrogens with one attached hydrogen (secondary N) is 1. The molecule has 0 spiro atoms. The first kappa shape index (κ1) is 23.7. The molecule has 28 heavy (non-hydrogen) atoms. The number of carbonyl (C=O) groups is 3. The van der Waals surface area contributed by atoms with Gasteiger partial charge in [0.25, 0.3) is 0 Å². The molecule has 1 atom stereocenters. The molecule has 1 rings (SSSR count). The molecule has 0 saturated heterocycles. The molecular formula is C22H33NO5. The smallest absolute Gasteiger partial charge is 0.331 e. The van der Waals surface area contributed by atoms with Gasteiger partial charge in [0, 0.05) is 12.0 Å². The van der Waals surface area contributed by atoms with E-state index in [9.17, 15) is 14.4 Å². The van der Waals surface area contributed by atoms with Crippen LogP contribution < -0.4 is 10.1 Å². The summed E-state index contributed by atoms with van der Waals surface area (Å²) < 4.78 is 10.7. The second-order valence-electron chi connectivity index (χ2n) is 7.45. The molecule has 0 radical (unpaired) electrons. The number of hydrogen-bond acceptors (Lipinski definition) is 5. The minimum absolute atomic E-state index is 0.0714. The van der Waals surface area contributed by atoms with Crippen LogP contribution in [-0.2, 0) is 14.3 Å². The summed E-state index contributed by atoms with van der Waals surface area (Å²) in [6.07, 6.45) is 5.29. The molecule has 1 unspecified atom stereocenters. The maximum atomic E-state index is 12.3. The predicted molar refractivity (Wildman–Crippen MR) is 108 cm³/mol. The van der Waals surface area contributed by atoms with Crippen LogP contribution in [0.3, 0.4) is 0 Å². The van der Waals surface area contributed by atoms with Gasteiger partial charge in [-0.2, -0.15) is 0 Å². The van der Waals surface area contributed by atoms with Crippen molar-refractivity contribution in [1.82, 2.24) is 5.32 Å². The normalized spacial score (nSPS) is 12.1. The lowest BCUT2D eigenvalue weighted by Crippen LogP contribution is -2.50. The summed E-state index contributed by atoms with van der Waals surface area (Å²) in [4.78, 5) is 35.1. The van der Waals surface area contributed by atoms with E-state index in [1.807, 2.05) is 0 Å². The van der Waals surface area contributed by atoms with Gasteiger partial charge in [-0.25, -0.2) is 4.79 Å². The highest BCUT2D eigenvalue weighted by Crippen LogP contribution is 2.17. The van der Waals surface area contributed by atoms with Crippen molar-refractivity contribution in [3.8, 4) is 5.75 Å². The molecular weight excluding hydrogens is 358 g/mol. The number of hydrogen-bond donors (Lipinski definition) is 1. The van der Waals surface area contributed by atoms with E-state index in [0.29, 0.717) is 23.7 Å². The highest BCUT2D eigenvalue weighted by molar-refractivity contribution is 5.87.